The zero-order valence-electron chi connectivity index (χ0n) is 16.4. The number of rotatable bonds is 9. The molecular weight excluding hydrogens is 454 g/mol. The summed E-state index contributed by atoms with van der Waals surface area (Å²) in [7, 11) is 0. The lowest BCUT2D eigenvalue weighted by molar-refractivity contribution is -0.147. The molecule has 8 nitrogen and oxygen atoms in total. The monoisotopic (exact) mass is 476 g/mol. The zero-order valence-corrected chi connectivity index (χ0v) is 16.4. The Morgan fingerprint density at radius 3 is 1.84 bits per heavy atom. The number of carbonyl (C=O) groups excluding carboxylic acids is 1. The first-order chi connectivity index (χ1) is 14.6. The normalized spacial score (nSPS) is 13.2. The van der Waals surface area contributed by atoms with Crippen molar-refractivity contribution < 1.29 is 55.7 Å². The number of alkyl halides is 6. The van der Waals surface area contributed by atoms with Crippen LogP contribution in [0.4, 0.5) is 31.1 Å². The summed E-state index contributed by atoms with van der Waals surface area (Å²) in [5.74, 6) is -2.95. The predicted octanol–water partition coefficient (Wildman–Crippen LogP) is 3.45. The van der Waals surface area contributed by atoms with E-state index in [2.05, 4.69) is 0 Å². The molecule has 0 heterocycles. The molecule has 1 amide bonds. The molecule has 32 heavy (non-hydrogen) atoms. The molecule has 1 rings (SSSR count). The summed E-state index contributed by atoms with van der Waals surface area (Å²) in [4.78, 5) is 32.1. The third-order valence-electron chi connectivity index (χ3n) is 3.58. The third-order valence-corrected chi connectivity index (χ3v) is 3.58. The number of nitrogens with two attached hydrogens (primary N) is 1. The summed E-state index contributed by atoms with van der Waals surface area (Å²) >= 11 is 0. The molecule has 14 heteroatoms. The lowest BCUT2D eigenvalue weighted by atomic mass is 10.1. The van der Waals surface area contributed by atoms with Crippen molar-refractivity contribution in [2.45, 2.75) is 56.7 Å². The average Bonchev–Trinajstić information content (AvgIpc) is 2.67. The summed E-state index contributed by atoms with van der Waals surface area (Å²) in [5.41, 5.74) is 5.50. The average molecular weight is 476 g/mol. The van der Waals surface area contributed by atoms with E-state index in [1.165, 1.54) is 0 Å². The fourth-order valence-electron chi connectivity index (χ4n) is 1.92. The maximum Gasteiger partial charge on any atom is 0.408 e. The number of nitrogens with one attached hydrogen (secondary N) is 1. The second-order valence-corrected chi connectivity index (χ2v) is 6.35. The maximum atomic E-state index is 12.0. The van der Waals surface area contributed by atoms with E-state index >= 15 is 0 Å². The van der Waals surface area contributed by atoms with Gasteiger partial charge in [-0.3, -0.25) is 4.79 Å². The largest absolute Gasteiger partial charge is 0.480 e. The van der Waals surface area contributed by atoms with Gasteiger partial charge < -0.3 is 26.0 Å². The summed E-state index contributed by atoms with van der Waals surface area (Å²) < 4.78 is 75.2. The minimum atomic E-state index is -4.48. The van der Waals surface area contributed by atoms with Crippen LogP contribution in [0.2, 0.25) is 0 Å². The Bertz CT molecular complexity index is 727. The Morgan fingerprint density at radius 1 is 0.906 bits per heavy atom. The lowest BCUT2D eigenvalue weighted by Crippen LogP contribution is -2.41. The number of benzene rings is 1. The standard InChI is InChI=1S/C13H14F3NO4.C5H8F3NO2/c14-13(15,16)7-6-10(11(18)19)17-12(20)21-8-9-4-2-1-3-5-9;6-5(7,8)2-1-3(9)4(10)11/h1-5,10H,6-8H2,(H,17,20)(H,18,19);3H,1-2,9H2,(H,10,11)/t10-;3-/m00/s1. The molecular formula is C18H22F6N2O6. The second kappa shape index (κ2) is 13.4. The van der Waals surface area contributed by atoms with Crippen molar-refractivity contribution in [2.24, 2.45) is 5.73 Å². The molecule has 1 aromatic rings. The number of hydrogen-bond acceptors (Lipinski definition) is 5. The van der Waals surface area contributed by atoms with Crippen molar-refractivity contribution in [3.8, 4) is 0 Å². The molecule has 0 unspecified atom stereocenters. The number of carbonyl (C=O) groups is 3. The van der Waals surface area contributed by atoms with Gasteiger partial charge in [-0.15, -0.1) is 0 Å². The Hall–Kier alpha value is -3.03. The van der Waals surface area contributed by atoms with E-state index in [1.54, 1.807) is 30.3 Å². The highest BCUT2D eigenvalue weighted by atomic mass is 19.4. The summed E-state index contributed by atoms with van der Waals surface area (Å²) in [6.07, 6.45) is -13.7. The van der Waals surface area contributed by atoms with E-state index in [0.717, 1.165) is 0 Å². The number of aliphatic carboxylic acids is 2. The van der Waals surface area contributed by atoms with Gasteiger partial charge in [0.25, 0.3) is 0 Å². The Balaban J connectivity index is 0.000000739. The number of carboxylic acids is 2. The molecule has 0 saturated carbocycles. The first kappa shape index (κ1) is 29.0. The van der Waals surface area contributed by atoms with Crippen LogP contribution in [0.5, 0.6) is 0 Å². The topological polar surface area (TPSA) is 139 Å². The van der Waals surface area contributed by atoms with Gasteiger partial charge in [-0.2, -0.15) is 26.3 Å². The van der Waals surface area contributed by atoms with Crippen LogP contribution in [0.1, 0.15) is 31.2 Å². The Kier molecular flexibility index (Phi) is 12.1. The van der Waals surface area contributed by atoms with Crippen LogP contribution in [0.3, 0.4) is 0 Å². The molecule has 0 fully saturated rings. The molecule has 182 valence electrons. The highest BCUT2D eigenvalue weighted by molar-refractivity contribution is 5.79. The highest BCUT2D eigenvalue weighted by Gasteiger charge is 2.31. The number of ether oxygens (including phenoxy) is 1. The summed E-state index contributed by atoms with van der Waals surface area (Å²) in [6, 6.07) is 5.52. The molecule has 0 aliphatic rings. The van der Waals surface area contributed by atoms with E-state index in [4.69, 9.17) is 20.7 Å². The lowest BCUT2D eigenvalue weighted by Gasteiger charge is -2.15. The van der Waals surface area contributed by atoms with Crippen molar-refractivity contribution >= 4 is 18.0 Å². The summed E-state index contributed by atoms with van der Waals surface area (Å²) in [6.45, 7) is -0.0989. The molecule has 1 aromatic carbocycles. The van der Waals surface area contributed by atoms with Crippen molar-refractivity contribution in [3.05, 3.63) is 35.9 Å². The van der Waals surface area contributed by atoms with Gasteiger partial charge in [0.1, 0.15) is 18.7 Å². The van der Waals surface area contributed by atoms with Gasteiger partial charge in [0, 0.05) is 12.8 Å². The van der Waals surface area contributed by atoms with Crippen LogP contribution < -0.4 is 11.1 Å². The minimum absolute atomic E-state index is 0.0989. The molecule has 0 saturated heterocycles. The molecule has 0 aromatic heterocycles. The van der Waals surface area contributed by atoms with E-state index < -0.39 is 68.2 Å². The number of amides is 1. The quantitative estimate of drug-likeness (QED) is 0.401. The fourth-order valence-corrected chi connectivity index (χ4v) is 1.92. The van der Waals surface area contributed by atoms with Crippen molar-refractivity contribution in [3.63, 3.8) is 0 Å². The number of alkyl carbamates (subject to hydrolysis) is 1. The molecule has 5 N–H and O–H groups in total. The van der Waals surface area contributed by atoms with Crippen molar-refractivity contribution in [2.75, 3.05) is 0 Å². The first-order valence-electron chi connectivity index (χ1n) is 8.92. The van der Waals surface area contributed by atoms with Crippen molar-refractivity contribution in [1.82, 2.24) is 5.32 Å². The molecule has 0 bridgehead atoms. The van der Waals surface area contributed by atoms with Crippen LogP contribution in [-0.2, 0) is 20.9 Å². The van der Waals surface area contributed by atoms with Gasteiger partial charge in [-0.05, 0) is 18.4 Å². The Morgan fingerprint density at radius 2 is 1.41 bits per heavy atom. The highest BCUT2D eigenvalue weighted by Crippen LogP contribution is 2.22. The van der Waals surface area contributed by atoms with Gasteiger partial charge in [0.05, 0.1) is 0 Å². The minimum Gasteiger partial charge on any atom is -0.480 e. The van der Waals surface area contributed by atoms with Crippen LogP contribution in [-0.4, -0.2) is 52.7 Å². The smallest absolute Gasteiger partial charge is 0.408 e. The molecule has 0 aliphatic heterocycles. The van der Waals surface area contributed by atoms with Crippen LogP contribution in [0, 0.1) is 0 Å². The van der Waals surface area contributed by atoms with Crippen LogP contribution >= 0.6 is 0 Å². The van der Waals surface area contributed by atoms with Gasteiger partial charge in [-0.25, -0.2) is 9.59 Å². The van der Waals surface area contributed by atoms with E-state index in [-0.39, 0.29) is 6.61 Å². The summed E-state index contributed by atoms with van der Waals surface area (Å²) in [5, 5.41) is 18.8. The Labute approximate surface area is 178 Å². The maximum absolute atomic E-state index is 12.0. The van der Waals surface area contributed by atoms with Crippen LogP contribution in [0.25, 0.3) is 0 Å². The van der Waals surface area contributed by atoms with Gasteiger partial charge in [-0.1, -0.05) is 30.3 Å². The number of halogens is 6. The van der Waals surface area contributed by atoms with E-state index in [1.807, 2.05) is 5.32 Å². The van der Waals surface area contributed by atoms with Gasteiger partial charge in [0.15, 0.2) is 0 Å². The van der Waals surface area contributed by atoms with Crippen molar-refractivity contribution in [1.29, 1.82) is 0 Å². The second-order valence-electron chi connectivity index (χ2n) is 6.35. The number of carboxylic acid groups (broad SMARTS) is 2. The predicted molar refractivity (Wildman–Crippen MR) is 97.4 cm³/mol. The molecule has 0 aliphatic carbocycles. The first-order valence-corrected chi connectivity index (χ1v) is 8.92. The SMILES string of the molecule is N[C@@H](CCC(F)(F)F)C(=O)O.O=C(N[C@@H](CCC(F)(F)F)C(=O)O)OCc1ccccc1. The van der Waals surface area contributed by atoms with E-state index in [0.29, 0.717) is 5.56 Å². The zero-order chi connectivity index (χ0) is 24.9. The number of hydrogen-bond donors (Lipinski definition) is 4. The molecule has 2 atom stereocenters. The van der Waals surface area contributed by atoms with Gasteiger partial charge >= 0.3 is 30.4 Å². The molecule has 0 spiro atoms. The fraction of sp³-hybridized carbons (Fsp3) is 0.500. The van der Waals surface area contributed by atoms with Crippen LogP contribution in [0.15, 0.2) is 30.3 Å². The molecule has 0 radical (unpaired) electrons. The van der Waals surface area contributed by atoms with Gasteiger partial charge in [0.2, 0.25) is 0 Å². The van der Waals surface area contributed by atoms with E-state index in [9.17, 15) is 40.7 Å². The third kappa shape index (κ3) is 15.8.